The maximum atomic E-state index is 6.19. The lowest BCUT2D eigenvalue weighted by molar-refractivity contribution is 1.51. The highest BCUT2D eigenvalue weighted by Crippen LogP contribution is 2.32. The molecule has 2 aromatic carbocycles. The van der Waals surface area contributed by atoms with Gasteiger partial charge >= 0.3 is 0 Å². The van der Waals surface area contributed by atoms with Gasteiger partial charge in [0, 0.05) is 15.1 Å². The third-order valence-corrected chi connectivity index (χ3v) is 3.93. The van der Waals surface area contributed by atoms with Gasteiger partial charge in [-0.1, -0.05) is 35.4 Å². The van der Waals surface area contributed by atoms with Gasteiger partial charge in [0.15, 0.2) is 0 Å². The lowest BCUT2D eigenvalue weighted by Crippen LogP contribution is -2.09. The molecule has 0 fully saturated rings. The van der Waals surface area contributed by atoms with Crippen molar-refractivity contribution >= 4 is 67.7 Å². The molecule has 0 aliphatic heterocycles. The molecule has 0 unspecified atom stereocenters. The molecule has 0 aromatic heterocycles. The van der Waals surface area contributed by atoms with E-state index in [1.54, 1.807) is 12.1 Å². The highest BCUT2D eigenvalue weighted by atomic mass is 79.9. The molecule has 0 amide bonds. The second kappa shape index (κ2) is 6.09. The summed E-state index contributed by atoms with van der Waals surface area (Å²) in [7, 11) is 0. The molecule has 0 aliphatic rings. The highest BCUT2D eigenvalue weighted by molar-refractivity contribution is 9.10. The first-order valence-corrected chi connectivity index (χ1v) is 7.24. The number of thiocarbonyl (C=S) groups is 1. The van der Waals surface area contributed by atoms with E-state index < -0.39 is 0 Å². The van der Waals surface area contributed by atoms with Crippen LogP contribution in [0.25, 0.3) is 0 Å². The van der Waals surface area contributed by atoms with Crippen LogP contribution in [-0.2, 0) is 0 Å². The number of anilines is 2. The Morgan fingerprint density at radius 2 is 1.84 bits per heavy atom. The van der Waals surface area contributed by atoms with Gasteiger partial charge in [0.25, 0.3) is 0 Å². The van der Waals surface area contributed by atoms with Gasteiger partial charge < -0.3 is 11.1 Å². The second-order valence-corrected chi connectivity index (χ2v) is 5.95. The van der Waals surface area contributed by atoms with Crippen LogP contribution < -0.4 is 11.1 Å². The topological polar surface area (TPSA) is 38.0 Å². The summed E-state index contributed by atoms with van der Waals surface area (Å²) in [4.78, 5) is 0.317. The Labute approximate surface area is 135 Å². The van der Waals surface area contributed by atoms with Crippen LogP contribution in [-0.4, -0.2) is 4.99 Å². The van der Waals surface area contributed by atoms with Crippen molar-refractivity contribution in [2.75, 3.05) is 5.32 Å². The molecule has 19 heavy (non-hydrogen) atoms. The summed E-state index contributed by atoms with van der Waals surface area (Å²) in [6.45, 7) is 0. The van der Waals surface area contributed by atoms with Crippen LogP contribution in [0.15, 0.2) is 40.9 Å². The van der Waals surface area contributed by atoms with Crippen LogP contribution >= 0.6 is 51.3 Å². The molecule has 0 bridgehead atoms. The Hall–Kier alpha value is -0.810. The number of hydrogen-bond donors (Lipinski definition) is 2. The summed E-state index contributed by atoms with van der Waals surface area (Å²) in [6, 6.07) is 10.8. The van der Waals surface area contributed by atoms with Gasteiger partial charge in [0.1, 0.15) is 4.99 Å². The number of halogens is 3. The van der Waals surface area contributed by atoms with Crippen molar-refractivity contribution in [2.24, 2.45) is 5.73 Å². The fourth-order valence-corrected chi connectivity index (χ4v) is 2.38. The van der Waals surface area contributed by atoms with E-state index in [4.69, 9.17) is 41.2 Å². The zero-order valence-corrected chi connectivity index (χ0v) is 13.5. The molecular formula is C13H9BrCl2N2S. The Balaban J connectivity index is 2.33. The molecule has 0 spiro atoms. The molecule has 0 saturated heterocycles. The predicted octanol–water partition coefficient (Wildman–Crippen LogP) is 5.13. The van der Waals surface area contributed by atoms with Gasteiger partial charge in [-0.15, -0.1) is 0 Å². The van der Waals surface area contributed by atoms with Crippen LogP contribution in [0.4, 0.5) is 11.4 Å². The summed E-state index contributed by atoms with van der Waals surface area (Å²) >= 11 is 20.5. The molecule has 3 N–H and O–H groups in total. The van der Waals surface area contributed by atoms with E-state index in [0.29, 0.717) is 15.0 Å². The maximum Gasteiger partial charge on any atom is 0.104 e. The van der Waals surface area contributed by atoms with Crippen LogP contribution in [0, 0.1) is 0 Å². The second-order valence-electron chi connectivity index (χ2n) is 3.81. The standard InChI is InChI=1S/C13H9BrCl2N2S/c14-9-3-2-8(15)6-12(9)18-11-4-1-7(13(17)19)5-10(11)16/h1-6,18H,(H2,17,19). The van der Waals surface area contributed by atoms with Gasteiger partial charge in [-0.05, 0) is 52.3 Å². The summed E-state index contributed by atoms with van der Waals surface area (Å²) < 4.78 is 0.895. The molecular weight excluding hydrogens is 367 g/mol. The molecule has 0 radical (unpaired) electrons. The summed E-state index contributed by atoms with van der Waals surface area (Å²) in [6.07, 6.45) is 0. The largest absolute Gasteiger partial charge is 0.389 e. The fraction of sp³-hybridized carbons (Fsp3) is 0. The van der Waals surface area contributed by atoms with Crippen molar-refractivity contribution in [1.29, 1.82) is 0 Å². The van der Waals surface area contributed by atoms with Crippen molar-refractivity contribution in [1.82, 2.24) is 0 Å². The van der Waals surface area contributed by atoms with Crippen molar-refractivity contribution in [3.63, 3.8) is 0 Å². The number of nitrogens with one attached hydrogen (secondary N) is 1. The molecule has 2 nitrogen and oxygen atoms in total. The minimum atomic E-state index is 0.317. The minimum absolute atomic E-state index is 0.317. The first-order chi connectivity index (χ1) is 8.97. The van der Waals surface area contributed by atoms with Gasteiger partial charge in [0.05, 0.1) is 16.4 Å². The van der Waals surface area contributed by atoms with Crippen molar-refractivity contribution < 1.29 is 0 Å². The normalized spacial score (nSPS) is 10.3. The van der Waals surface area contributed by atoms with E-state index in [-0.39, 0.29) is 0 Å². The van der Waals surface area contributed by atoms with Crippen LogP contribution in [0.5, 0.6) is 0 Å². The van der Waals surface area contributed by atoms with Crippen LogP contribution in [0.3, 0.4) is 0 Å². The Kier molecular flexibility index (Phi) is 4.68. The fourth-order valence-electron chi connectivity index (χ4n) is 1.51. The summed E-state index contributed by atoms with van der Waals surface area (Å²) in [5, 5.41) is 4.38. The number of rotatable bonds is 3. The maximum absolute atomic E-state index is 6.19. The van der Waals surface area contributed by atoms with Gasteiger partial charge in [-0.25, -0.2) is 0 Å². The van der Waals surface area contributed by atoms with E-state index in [1.807, 2.05) is 24.3 Å². The van der Waals surface area contributed by atoms with Gasteiger partial charge in [-0.3, -0.25) is 0 Å². The molecule has 0 saturated carbocycles. The molecule has 6 heteroatoms. The molecule has 2 rings (SSSR count). The average molecular weight is 376 g/mol. The third-order valence-electron chi connectivity index (χ3n) is 2.45. The zero-order chi connectivity index (χ0) is 14.0. The monoisotopic (exact) mass is 374 g/mol. The molecule has 2 aromatic rings. The predicted molar refractivity (Wildman–Crippen MR) is 89.8 cm³/mol. The van der Waals surface area contributed by atoms with Crippen molar-refractivity contribution in [3.05, 3.63) is 56.5 Å². The van der Waals surface area contributed by atoms with E-state index in [0.717, 1.165) is 21.4 Å². The lowest BCUT2D eigenvalue weighted by atomic mass is 10.2. The number of benzene rings is 2. The molecule has 98 valence electrons. The van der Waals surface area contributed by atoms with E-state index >= 15 is 0 Å². The Morgan fingerprint density at radius 3 is 2.47 bits per heavy atom. The van der Waals surface area contributed by atoms with Crippen LogP contribution in [0.2, 0.25) is 10.0 Å². The lowest BCUT2D eigenvalue weighted by Gasteiger charge is -2.11. The van der Waals surface area contributed by atoms with Crippen LogP contribution in [0.1, 0.15) is 5.56 Å². The Morgan fingerprint density at radius 1 is 1.11 bits per heavy atom. The summed E-state index contributed by atoms with van der Waals surface area (Å²) in [5.74, 6) is 0. The SMILES string of the molecule is NC(=S)c1ccc(Nc2cc(Cl)ccc2Br)c(Cl)c1. The molecule has 0 aliphatic carbocycles. The van der Waals surface area contributed by atoms with E-state index in [1.165, 1.54) is 0 Å². The number of nitrogens with two attached hydrogens (primary N) is 1. The third kappa shape index (κ3) is 3.60. The first-order valence-electron chi connectivity index (χ1n) is 5.29. The highest BCUT2D eigenvalue weighted by Gasteiger charge is 2.06. The van der Waals surface area contributed by atoms with Crippen molar-refractivity contribution in [3.8, 4) is 0 Å². The zero-order valence-electron chi connectivity index (χ0n) is 9.58. The van der Waals surface area contributed by atoms with E-state index in [2.05, 4.69) is 21.2 Å². The van der Waals surface area contributed by atoms with Crippen molar-refractivity contribution in [2.45, 2.75) is 0 Å². The summed E-state index contributed by atoms with van der Waals surface area (Å²) in [5.41, 5.74) is 7.87. The average Bonchev–Trinajstić information content (AvgIpc) is 2.36. The first kappa shape index (κ1) is 14.6. The van der Waals surface area contributed by atoms with E-state index in [9.17, 15) is 0 Å². The Bertz CT molecular complexity index is 647. The molecule has 0 atom stereocenters. The number of hydrogen-bond acceptors (Lipinski definition) is 2. The van der Waals surface area contributed by atoms with Gasteiger partial charge in [0.2, 0.25) is 0 Å². The quantitative estimate of drug-likeness (QED) is 0.730. The minimum Gasteiger partial charge on any atom is -0.389 e. The molecule has 0 heterocycles. The smallest absolute Gasteiger partial charge is 0.104 e. The van der Waals surface area contributed by atoms with Gasteiger partial charge in [-0.2, -0.15) is 0 Å².